The van der Waals surface area contributed by atoms with E-state index in [1.54, 1.807) is 0 Å². The number of hydrogen-bond acceptors (Lipinski definition) is 9. The number of carbonyl (C=O) groups excluding carboxylic acids is 1. The maximum Gasteiger partial charge on any atom is 0.412 e. The first-order valence-corrected chi connectivity index (χ1v) is 14.6. The lowest BCUT2D eigenvalue weighted by Crippen LogP contribution is -2.57. The molecule has 0 spiro atoms. The average molecular weight is 667 g/mol. The number of nitrogens with one attached hydrogen (secondary N) is 1. The van der Waals surface area contributed by atoms with Gasteiger partial charge in [-0.1, -0.05) is 0 Å². The van der Waals surface area contributed by atoms with E-state index in [1.165, 1.54) is 0 Å². The number of sulfonamides is 1. The second kappa shape index (κ2) is 12.2. The maximum atomic E-state index is 14.0. The number of hydrogen-bond donors (Lipinski definition) is 3. The summed E-state index contributed by atoms with van der Waals surface area (Å²) in [4.78, 5) is 23.6. The fraction of sp³-hybridized carbons (Fsp3) is 0.520. The first-order valence-electron chi connectivity index (χ1n) is 13.2. The average Bonchev–Trinajstić information content (AvgIpc) is 3.62. The molecule has 1 aromatic heterocycles. The molecule has 1 unspecified atom stereocenters. The zero-order valence-corrected chi connectivity index (χ0v) is 24.3. The summed E-state index contributed by atoms with van der Waals surface area (Å²) in [6.45, 7) is -4.22. The van der Waals surface area contributed by atoms with Crippen LogP contribution in [-0.4, -0.2) is 84.5 Å². The molecule has 1 aliphatic carbocycles. The molecule has 2 aromatic rings. The van der Waals surface area contributed by atoms with Crippen LogP contribution in [0, 0.1) is 23.2 Å². The van der Waals surface area contributed by atoms with E-state index in [2.05, 4.69) is 10.4 Å². The van der Waals surface area contributed by atoms with E-state index in [0.29, 0.717) is 30.8 Å². The number of benzene rings is 1. The predicted octanol–water partition coefficient (Wildman–Crippen LogP) is 2.71. The van der Waals surface area contributed by atoms with Crippen molar-refractivity contribution in [3.05, 3.63) is 24.4 Å². The number of halogens is 5. The van der Waals surface area contributed by atoms with Gasteiger partial charge in [0.05, 0.1) is 55.2 Å². The molecule has 1 saturated carbocycles. The van der Waals surface area contributed by atoms with Gasteiger partial charge in [-0.3, -0.25) is 14.0 Å². The van der Waals surface area contributed by atoms with Crippen molar-refractivity contribution in [2.24, 2.45) is 11.8 Å². The SMILES string of the molecule is CC(C)(N(C(=O)O)c1ccc2c(c1)N(S(=O)(=O)c1cn(C(F)F)nc1OCCO)CC(CNC(=O)[C@@H]1C[C@@H]1C#N)O2)C(F)(F)F. The Labute approximate surface area is 252 Å². The highest BCUT2D eigenvalue weighted by atomic mass is 32.2. The van der Waals surface area contributed by atoms with Crippen LogP contribution >= 0.6 is 0 Å². The zero-order valence-electron chi connectivity index (χ0n) is 23.5. The molecule has 0 saturated heterocycles. The molecule has 1 aromatic carbocycles. The largest absolute Gasteiger partial charge is 0.484 e. The van der Waals surface area contributed by atoms with Crippen molar-refractivity contribution < 1.29 is 59.6 Å². The highest BCUT2D eigenvalue weighted by Gasteiger charge is 2.54. The lowest BCUT2D eigenvalue weighted by molar-refractivity contribution is -0.175. The van der Waals surface area contributed by atoms with Crippen LogP contribution in [0.3, 0.4) is 0 Å². The predicted molar refractivity (Wildman–Crippen MR) is 142 cm³/mol. The van der Waals surface area contributed by atoms with Crippen molar-refractivity contribution in [1.82, 2.24) is 15.1 Å². The number of nitrogens with zero attached hydrogens (tertiary/aromatic N) is 5. The molecule has 4 rings (SSSR count). The van der Waals surface area contributed by atoms with Crippen LogP contribution in [0.2, 0.25) is 0 Å². The Morgan fingerprint density at radius 3 is 2.56 bits per heavy atom. The molecule has 2 heterocycles. The molecule has 14 nitrogen and oxygen atoms in total. The number of carboxylic acid groups (broad SMARTS) is 1. The number of rotatable bonds is 11. The first-order chi connectivity index (χ1) is 20.9. The Kier molecular flexibility index (Phi) is 9.08. The van der Waals surface area contributed by atoms with Crippen LogP contribution < -0.4 is 24.0 Å². The van der Waals surface area contributed by atoms with Gasteiger partial charge in [0.1, 0.15) is 24.0 Å². The molecule has 0 radical (unpaired) electrons. The second-order valence-corrected chi connectivity index (χ2v) is 12.4. The van der Waals surface area contributed by atoms with Crippen molar-refractivity contribution in [2.45, 2.75) is 49.5 Å². The van der Waals surface area contributed by atoms with Gasteiger partial charge in [0.25, 0.3) is 15.9 Å². The molecule has 246 valence electrons. The number of aromatic nitrogens is 2. The van der Waals surface area contributed by atoms with Crippen LogP contribution in [-0.2, 0) is 14.8 Å². The van der Waals surface area contributed by atoms with Crippen molar-refractivity contribution in [3.8, 4) is 17.7 Å². The first kappa shape index (κ1) is 33.5. The third-order valence-electron chi connectivity index (χ3n) is 7.14. The number of anilines is 2. The molecule has 2 aliphatic rings. The number of alkyl halides is 5. The number of nitriles is 1. The van der Waals surface area contributed by atoms with Gasteiger partial charge in [-0.05, 0) is 38.5 Å². The topological polar surface area (TPSA) is 187 Å². The molecule has 3 N–H and O–H groups in total. The second-order valence-electron chi connectivity index (χ2n) is 10.6. The van der Waals surface area contributed by atoms with Gasteiger partial charge in [-0.15, -0.1) is 5.10 Å². The van der Waals surface area contributed by atoms with E-state index in [1.807, 2.05) is 6.07 Å². The minimum Gasteiger partial charge on any atom is -0.484 e. The maximum absolute atomic E-state index is 14.0. The van der Waals surface area contributed by atoms with Crippen LogP contribution in [0.15, 0.2) is 29.3 Å². The van der Waals surface area contributed by atoms with Gasteiger partial charge in [-0.25, -0.2) is 17.9 Å². The van der Waals surface area contributed by atoms with Crippen molar-refractivity contribution in [3.63, 3.8) is 0 Å². The van der Waals surface area contributed by atoms with Crippen LogP contribution in [0.1, 0.15) is 26.8 Å². The van der Waals surface area contributed by atoms with Gasteiger partial charge in [0.15, 0.2) is 4.90 Å². The zero-order chi connectivity index (χ0) is 33.5. The molecule has 20 heteroatoms. The number of aliphatic hydroxyl groups is 1. The molecule has 2 amide bonds. The van der Waals surface area contributed by atoms with E-state index in [4.69, 9.17) is 19.8 Å². The standard InChI is InChI=1S/C25H27F5N6O8S/c1-24(2,25(28,29)30)36(23(39)40)14-3-4-18-17(8-14)35(11-15(44-18)10-32-20(38)16-7-13(16)9-31)45(41,42)19-12-34(22(26)27)33-21(19)43-6-5-37/h3-4,8,12-13,15-16,22,37H,5-7,10-11H2,1-2H3,(H,32,38)(H,39,40)/t13-,15?,16-/m1/s1. The third kappa shape index (κ3) is 6.54. The van der Waals surface area contributed by atoms with E-state index in [9.17, 15) is 45.1 Å². The Balaban J connectivity index is 1.80. The number of amides is 2. The highest BCUT2D eigenvalue weighted by Crippen LogP contribution is 2.44. The van der Waals surface area contributed by atoms with Gasteiger partial charge in [0.2, 0.25) is 5.91 Å². The minimum atomic E-state index is -5.07. The van der Waals surface area contributed by atoms with Crippen molar-refractivity contribution in [2.75, 3.05) is 35.5 Å². The van der Waals surface area contributed by atoms with Crippen LogP contribution in [0.4, 0.5) is 38.1 Å². The third-order valence-corrected chi connectivity index (χ3v) is 8.90. The normalized spacial score (nSPS) is 19.7. The van der Waals surface area contributed by atoms with Gasteiger partial charge < -0.3 is 25.0 Å². The molecule has 1 fully saturated rings. The summed E-state index contributed by atoms with van der Waals surface area (Å²) in [5.74, 6) is -2.62. The number of aliphatic hydroxyl groups excluding tert-OH is 1. The molecule has 45 heavy (non-hydrogen) atoms. The lowest BCUT2D eigenvalue weighted by Gasteiger charge is -2.39. The van der Waals surface area contributed by atoms with E-state index < -0.39 is 100 Å². The van der Waals surface area contributed by atoms with Crippen LogP contribution in [0.25, 0.3) is 0 Å². The number of ether oxygens (including phenoxy) is 2. The van der Waals surface area contributed by atoms with Crippen molar-refractivity contribution in [1.29, 1.82) is 5.26 Å². The quantitative estimate of drug-likeness (QED) is 0.301. The van der Waals surface area contributed by atoms with E-state index in [-0.39, 0.29) is 21.9 Å². The Hall–Kier alpha value is -4.38. The molecular formula is C25H27F5N6O8S. The monoisotopic (exact) mass is 666 g/mol. The molecule has 3 atom stereocenters. The molecular weight excluding hydrogens is 639 g/mol. The summed E-state index contributed by atoms with van der Waals surface area (Å²) in [5, 5.41) is 33.8. The van der Waals surface area contributed by atoms with Gasteiger partial charge >= 0.3 is 18.8 Å². The number of carbonyl (C=O) groups is 2. The molecule has 0 bridgehead atoms. The van der Waals surface area contributed by atoms with Gasteiger partial charge in [-0.2, -0.15) is 27.2 Å². The van der Waals surface area contributed by atoms with Gasteiger partial charge in [0, 0.05) is 0 Å². The Bertz CT molecular complexity index is 1610. The summed E-state index contributed by atoms with van der Waals surface area (Å²) in [6, 6.07) is 4.76. The fourth-order valence-electron chi connectivity index (χ4n) is 4.54. The van der Waals surface area contributed by atoms with E-state index >= 15 is 0 Å². The smallest absolute Gasteiger partial charge is 0.412 e. The summed E-state index contributed by atoms with van der Waals surface area (Å²) < 4.78 is 108. The fourth-order valence-corrected chi connectivity index (χ4v) is 6.10. The van der Waals surface area contributed by atoms with Crippen molar-refractivity contribution >= 4 is 33.4 Å². The van der Waals surface area contributed by atoms with Crippen LogP contribution in [0.5, 0.6) is 11.6 Å². The Morgan fingerprint density at radius 2 is 2.00 bits per heavy atom. The summed E-state index contributed by atoms with van der Waals surface area (Å²) >= 11 is 0. The summed E-state index contributed by atoms with van der Waals surface area (Å²) in [6.07, 6.45) is -7.44. The minimum absolute atomic E-state index is 0.0176. The molecule has 1 aliphatic heterocycles. The lowest BCUT2D eigenvalue weighted by atomic mass is 10.0. The van der Waals surface area contributed by atoms with E-state index in [0.717, 1.165) is 18.2 Å². The summed E-state index contributed by atoms with van der Waals surface area (Å²) in [5.41, 5.74) is -4.05. The highest BCUT2D eigenvalue weighted by molar-refractivity contribution is 7.93. The summed E-state index contributed by atoms with van der Waals surface area (Å²) in [7, 11) is -4.98. The number of fused-ring (bicyclic) bond motifs is 1. The Morgan fingerprint density at radius 1 is 1.31 bits per heavy atom.